The summed E-state index contributed by atoms with van der Waals surface area (Å²) in [6.45, 7) is 2.95. The molecule has 0 spiro atoms. The van der Waals surface area contributed by atoms with Crippen molar-refractivity contribution in [3.63, 3.8) is 0 Å². The Hall–Kier alpha value is -3.49. The van der Waals surface area contributed by atoms with E-state index in [1.165, 1.54) is 16.4 Å². The fraction of sp³-hybridized carbons (Fsp3) is 0.200. The first-order valence-electron chi connectivity index (χ1n) is 10.8. The van der Waals surface area contributed by atoms with E-state index in [-0.39, 0.29) is 10.8 Å². The molecule has 5 rings (SSSR count). The Morgan fingerprint density at radius 2 is 1.73 bits per heavy atom. The zero-order chi connectivity index (χ0) is 23.0. The molecule has 4 aromatic rings. The number of hydrogen-bond acceptors (Lipinski definition) is 5. The number of pyridine rings is 1. The normalized spacial score (nSPS) is 14.6. The summed E-state index contributed by atoms with van der Waals surface area (Å²) >= 11 is 0. The van der Waals surface area contributed by atoms with Gasteiger partial charge in [-0.05, 0) is 68.3 Å². The number of para-hydroxylation sites is 1. The number of carbonyl (C=O) groups excluding carboxylic acids is 1. The number of nitrogens with one attached hydrogen (secondary N) is 1. The van der Waals surface area contributed by atoms with Crippen LogP contribution in [0.2, 0.25) is 0 Å². The Morgan fingerprint density at radius 1 is 1.00 bits per heavy atom. The van der Waals surface area contributed by atoms with E-state index in [4.69, 9.17) is 4.42 Å². The van der Waals surface area contributed by atoms with Gasteiger partial charge >= 0.3 is 0 Å². The van der Waals surface area contributed by atoms with Crippen LogP contribution in [0.4, 0.5) is 5.69 Å². The van der Waals surface area contributed by atoms with Crippen molar-refractivity contribution in [2.75, 3.05) is 18.4 Å². The van der Waals surface area contributed by atoms with Gasteiger partial charge in [-0.25, -0.2) is 13.4 Å². The fourth-order valence-corrected chi connectivity index (χ4v) is 5.56. The second-order valence-electron chi connectivity index (χ2n) is 8.07. The molecule has 2 aromatic heterocycles. The van der Waals surface area contributed by atoms with Gasteiger partial charge in [-0.3, -0.25) is 4.79 Å². The number of carbonyl (C=O) groups is 1. The van der Waals surface area contributed by atoms with E-state index in [1.807, 2.05) is 43.3 Å². The van der Waals surface area contributed by atoms with Gasteiger partial charge in [0.05, 0.1) is 16.0 Å². The van der Waals surface area contributed by atoms with E-state index in [0.717, 1.165) is 24.0 Å². The largest absolute Gasteiger partial charge is 0.460 e. The lowest BCUT2D eigenvalue weighted by atomic mass is 10.1. The Morgan fingerprint density at radius 3 is 2.42 bits per heavy atom. The van der Waals surface area contributed by atoms with Gasteiger partial charge in [0.25, 0.3) is 5.91 Å². The molecule has 1 saturated heterocycles. The predicted molar refractivity (Wildman–Crippen MR) is 127 cm³/mol. The van der Waals surface area contributed by atoms with Gasteiger partial charge in [-0.15, -0.1) is 0 Å². The maximum atomic E-state index is 13.2. The van der Waals surface area contributed by atoms with E-state index < -0.39 is 10.0 Å². The van der Waals surface area contributed by atoms with Crippen molar-refractivity contribution >= 4 is 32.5 Å². The second-order valence-corrected chi connectivity index (χ2v) is 10.0. The SMILES string of the molecule is Cc1ccc(-c2cc(C(=O)Nc3ccc(S(=O)(=O)N4CCCC4)cc3)c3ccccc3n2)o1. The van der Waals surface area contributed by atoms with Crippen LogP contribution < -0.4 is 5.32 Å². The van der Waals surface area contributed by atoms with Crippen LogP contribution in [-0.2, 0) is 10.0 Å². The first kappa shape index (κ1) is 21.4. The van der Waals surface area contributed by atoms with Crippen molar-refractivity contribution in [1.82, 2.24) is 9.29 Å². The molecule has 0 radical (unpaired) electrons. The summed E-state index contributed by atoms with van der Waals surface area (Å²) in [6.07, 6.45) is 1.76. The van der Waals surface area contributed by atoms with Crippen molar-refractivity contribution in [1.29, 1.82) is 0 Å². The average molecular weight is 462 g/mol. The summed E-state index contributed by atoms with van der Waals surface area (Å²) in [5, 5.41) is 3.59. The molecule has 0 unspecified atom stereocenters. The highest BCUT2D eigenvalue weighted by molar-refractivity contribution is 7.89. The molecule has 1 aliphatic rings. The molecule has 0 bridgehead atoms. The van der Waals surface area contributed by atoms with E-state index in [1.54, 1.807) is 18.2 Å². The van der Waals surface area contributed by atoms with Crippen LogP contribution in [0.1, 0.15) is 29.0 Å². The molecule has 1 fully saturated rings. The minimum absolute atomic E-state index is 0.229. The van der Waals surface area contributed by atoms with Crippen LogP contribution in [0.5, 0.6) is 0 Å². The minimum atomic E-state index is -3.50. The molecule has 3 heterocycles. The quantitative estimate of drug-likeness (QED) is 0.459. The van der Waals surface area contributed by atoms with Crippen LogP contribution in [0.25, 0.3) is 22.4 Å². The number of nitrogens with zero attached hydrogens (tertiary/aromatic N) is 2. The highest BCUT2D eigenvalue weighted by Crippen LogP contribution is 2.27. The van der Waals surface area contributed by atoms with E-state index in [2.05, 4.69) is 10.3 Å². The highest BCUT2D eigenvalue weighted by atomic mass is 32.2. The monoisotopic (exact) mass is 461 g/mol. The third kappa shape index (κ3) is 4.15. The topological polar surface area (TPSA) is 92.5 Å². The predicted octanol–water partition coefficient (Wildman–Crippen LogP) is 4.84. The number of sulfonamides is 1. The van der Waals surface area contributed by atoms with E-state index >= 15 is 0 Å². The van der Waals surface area contributed by atoms with Gasteiger partial charge in [-0.2, -0.15) is 4.31 Å². The molecule has 0 atom stereocenters. The number of furan rings is 1. The van der Waals surface area contributed by atoms with Crippen LogP contribution in [-0.4, -0.2) is 36.7 Å². The number of rotatable bonds is 5. The number of fused-ring (bicyclic) bond motifs is 1. The number of benzene rings is 2. The molecule has 1 aliphatic heterocycles. The lowest BCUT2D eigenvalue weighted by Gasteiger charge is -2.16. The number of hydrogen-bond donors (Lipinski definition) is 1. The standard InChI is InChI=1S/C25H23N3O4S/c1-17-8-13-24(32-17)23-16-21(20-6-2-3-7-22(20)27-23)25(29)26-18-9-11-19(12-10-18)33(30,31)28-14-4-5-15-28/h2-3,6-13,16H,4-5,14-15H2,1H3,(H,26,29). The molecule has 168 valence electrons. The maximum Gasteiger partial charge on any atom is 0.256 e. The zero-order valence-corrected chi connectivity index (χ0v) is 18.9. The molecular weight excluding hydrogens is 438 g/mol. The summed E-state index contributed by atoms with van der Waals surface area (Å²) in [5.74, 6) is 1.03. The maximum absolute atomic E-state index is 13.2. The van der Waals surface area contributed by atoms with Gasteiger partial charge in [0, 0.05) is 24.2 Å². The molecule has 0 saturated carbocycles. The van der Waals surface area contributed by atoms with Crippen molar-refractivity contribution in [2.45, 2.75) is 24.7 Å². The lowest BCUT2D eigenvalue weighted by Crippen LogP contribution is -2.27. The third-order valence-corrected chi connectivity index (χ3v) is 7.68. The van der Waals surface area contributed by atoms with Crippen LogP contribution >= 0.6 is 0 Å². The molecule has 33 heavy (non-hydrogen) atoms. The number of aromatic nitrogens is 1. The second kappa shape index (κ2) is 8.46. The Balaban J connectivity index is 1.44. The number of aryl methyl sites for hydroxylation is 1. The third-order valence-electron chi connectivity index (χ3n) is 5.77. The zero-order valence-electron chi connectivity index (χ0n) is 18.1. The van der Waals surface area contributed by atoms with E-state index in [0.29, 0.717) is 41.3 Å². The summed E-state index contributed by atoms with van der Waals surface area (Å²) in [6, 6.07) is 19.1. The summed E-state index contributed by atoms with van der Waals surface area (Å²) in [5.41, 5.74) is 2.22. The van der Waals surface area contributed by atoms with Crippen molar-refractivity contribution < 1.29 is 17.6 Å². The summed E-state index contributed by atoms with van der Waals surface area (Å²) in [7, 11) is -3.50. The van der Waals surface area contributed by atoms with Crippen LogP contribution in [0.3, 0.4) is 0 Å². The first-order valence-corrected chi connectivity index (χ1v) is 12.2. The smallest absolute Gasteiger partial charge is 0.256 e. The van der Waals surface area contributed by atoms with Crippen molar-refractivity contribution in [3.8, 4) is 11.5 Å². The van der Waals surface area contributed by atoms with Gasteiger partial charge in [0.2, 0.25) is 10.0 Å². The molecule has 2 aromatic carbocycles. The van der Waals surface area contributed by atoms with Crippen LogP contribution in [0, 0.1) is 6.92 Å². The summed E-state index contributed by atoms with van der Waals surface area (Å²) < 4.78 is 32.7. The summed E-state index contributed by atoms with van der Waals surface area (Å²) in [4.78, 5) is 18.1. The Labute approximate surface area is 192 Å². The fourth-order valence-electron chi connectivity index (χ4n) is 4.05. The van der Waals surface area contributed by atoms with Crippen LogP contribution in [0.15, 0.2) is 76.0 Å². The highest BCUT2D eigenvalue weighted by Gasteiger charge is 2.27. The molecule has 0 aliphatic carbocycles. The Bertz CT molecular complexity index is 1440. The first-order chi connectivity index (χ1) is 15.9. The van der Waals surface area contributed by atoms with Crippen molar-refractivity contribution in [3.05, 3.63) is 78.1 Å². The molecule has 7 nitrogen and oxygen atoms in total. The molecule has 1 N–H and O–H groups in total. The van der Waals surface area contributed by atoms with Gasteiger partial charge in [0.15, 0.2) is 5.76 Å². The van der Waals surface area contributed by atoms with Crippen molar-refractivity contribution in [2.24, 2.45) is 0 Å². The molecule has 8 heteroatoms. The van der Waals surface area contributed by atoms with Gasteiger partial charge in [0.1, 0.15) is 11.5 Å². The Kier molecular flexibility index (Phi) is 5.47. The molecule has 1 amide bonds. The number of anilines is 1. The average Bonchev–Trinajstić information content (AvgIpc) is 3.51. The van der Waals surface area contributed by atoms with Gasteiger partial charge < -0.3 is 9.73 Å². The number of amides is 1. The lowest BCUT2D eigenvalue weighted by molar-refractivity contribution is 0.102. The van der Waals surface area contributed by atoms with E-state index in [9.17, 15) is 13.2 Å². The minimum Gasteiger partial charge on any atom is -0.460 e. The van der Waals surface area contributed by atoms with Gasteiger partial charge in [-0.1, -0.05) is 18.2 Å². The molecular formula is C25H23N3O4S.